The summed E-state index contributed by atoms with van der Waals surface area (Å²) in [5, 5.41) is 0. The predicted molar refractivity (Wildman–Crippen MR) is 56.9 cm³/mol. The first-order valence-corrected chi connectivity index (χ1v) is 4.80. The van der Waals surface area contributed by atoms with Gasteiger partial charge in [-0.15, -0.1) is 0 Å². The van der Waals surface area contributed by atoms with Crippen LogP contribution in [-0.2, 0) is 4.74 Å². The molecular weight excluding hydrogens is 188 g/mol. The van der Waals surface area contributed by atoms with Crippen LogP contribution in [0, 0.1) is 0 Å². The Morgan fingerprint density at radius 2 is 2.07 bits per heavy atom. The van der Waals surface area contributed by atoms with E-state index in [1.807, 2.05) is 41.1 Å². The second-order valence-corrected chi connectivity index (χ2v) is 3.46. The van der Waals surface area contributed by atoms with Crippen molar-refractivity contribution in [3.8, 4) is 0 Å². The summed E-state index contributed by atoms with van der Waals surface area (Å²) in [6.07, 6.45) is 3.51. The van der Waals surface area contributed by atoms with Gasteiger partial charge in [-0.05, 0) is 6.58 Å². The van der Waals surface area contributed by atoms with E-state index in [2.05, 4.69) is 11.6 Å². The summed E-state index contributed by atoms with van der Waals surface area (Å²) in [6, 6.07) is 10.0. The summed E-state index contributed by atoms with van der Waals surface area (Å²) >= 11 is 0. The summed E-state index contributed by atoms with van der Waals surface area (Å²) in [7, 11) is 0. The average Bonchev–Trinajstić information content (AvgIpc) is 2.84. The summed E-state index contributed by atoms with van der Waals surface area (Å²) in [4.78, 5) is 4.28. The molecule has 0 bridgehead atoms. The molecular formula is C12H10N2O. The van der Waals surface area contributed by atoms with Gasteiger partial charge in [-0.3, -0.25) is 4.57 Å². The third-order valence-corrected chi connectivity index (χ3v) is 2.53. The first-order chi connectivity index (χ1) is 7.36. The first-order valence-electron chi connectivity index (χ1n) is 4.80. The monoisotopic (exact) mass is 198 g/mol. The fourth-order valence-electron chi connectivity index (χ4n) is 1.81. The standard InChI is InChI=1S/C12H10N2O/c1-9-14-8-7-13-12(14)11(15-9)10-5-3-2-4-6-10/h2-8,11H,1H2. The van der Waals surface area contributed by atoms with Gasteiger partial charge in [-0.2, -0.15) is 0 Å². The topological polar surface area (TPSA) is 27.1 Å². The minimum Gasteiger partial charge on any atom is -0.463 e. The van der Waals surface area contributed by atoms with Crippen molar-refractivity contribution in [3.05, 3.63) is 60.7 Å². The minimum absolute atomic E-state index is 0.117. The summed E-state index contributed by atoms with van der Waals surface area (Å²) in [5.74, 6) is 1.53. The second kappa shape index (κ2) is 2.98. The van der Waals surface area contributed by atoms with E-state index in [1.165, 1.54) is 0 Å². The molecule has 0 radical (unpaired) electrons. The van der Waals surface area contributed by atoms with E-state index in [-0.39, 0.29) is 6.10 Å². The van der Waals surface area contributed by atoms with E-state index in [4.69, 9.17) is 4.74 Å². The van der Waals surface area contributed by atoms with Crippen molar-refractivity contribution >= 4 is 5.88 Å². The maximum atomic E-state index is 5.66. The first kappa shape index (κ1) is 8.29. The van der Waals surface area contributed by atoms with Gasteiger partial charge < -0.3 is 4.74 Å². The molecule has 2 aromatic rings. The molecule has 0 saturated heterocycles. The third kappa shape index (κ3) is 1.16. The summed E-state index contributed by atoms with van der Waals surface area (Å²) in [6.45, 7) is 3.84. The lowest BCUT2D eigenvalue weighted by molar-refractivity contribution is 0.223. The average molecular weight is 198 g/mol. The molecule has 3 nitrogen and oxygen atoms in total. The van der Waals surface area contributed by atoms with Crippen LogP contribution in [0.2, 0.25) is 0 Å². The Kier molecular flexibility index (Phi) is 1.65. The van der Waals surface area contributed by atoms with Crippen molar-refractivity contribution in [2.45, 2.75) is 6.10 Å². The number of hydrogen-bond acceptors (Lipinski definition) is 2. The molecule has 0 aliphatic carbocycles. The normalized spacial score (nSPS) is 18.7. The zero-order chi connectivity index (χ0) is 10.3. The highest BCUT2D eigenvalue weighted by Gasteiger charge is 2.28. The quantitative estimate of drug-likeness (QED) is 0.703. The van der Waals surface area contributed by atoms with E-state index in [9.17, 15) is 0 Å². The Morgan fingerprint density at radius 3 is 2.87 bits per heavy atom. The molecule has 0 N–H and O–H groups in total. The molecule has 15 heavy (non-hydrogen) atoms. The Hall–Kier alpha value is -2.03. The summed E-state index contributed by atoms with van der Waals surface area (Å²) in [5.41, 5.74) is 1.10. The van der Waals surface area contributed by atoms with Gasteiger partial charge in [0.1, 0.15) is 0 Å². The molecule has 3 heteroatoms. The van der Waals surface area contributed by atoms with E-state index < -0.39 is 0 Å². The molecule has 0 spiro atoms. The lowest BCUT2D eigenvalue weighted by atomic mass is 10.1. The van der Waals surface area contributed by atoms with Crippen LogP contribution in [0.15, 0.2) is 49.3 Å². The molecule has 1 unspecified atom stereocenters. The van der Waals surface area contributed by atoms with Gasteiger partial charge in [0.2, 0.25) is 0 Å². The van der Waals surface area contributed by atoms with Gasteiger partial charge >= 0.3 is 0 Å². The number of aromatic nitrogens is 2. The van der Waals surface area contributed by atoms with Gasteiger partial charge in [0.15, 0.2) is 17.8 Å². The van der Waals surface area contributed by atoms with Crippen LogP contribution in [0.1, 0.15) is 17.5 Å². The molecule has 0 saturated carbocycles. The van der Waals surface area contributed by atoms with Crippen LogP contribution in [0.5, 0.6) is 0 Å². The van der Waals surface area contributed by atoms with E-state index in [0.717, 1.165) is 11.4 Å². The molecule has 0 amide bonds. The molecule has 2 heterocycles. The maximum Gasteiger partial charge on any atom is 0.192 e. The van der Waals surface area contributed by atoms with Crippen molar-refractivity contribution in [1.82, 2.24) is 9.55 Å². The van der Waals surface area contributed by atoms with E-state index in [0.29, 0.717) is 5.88 Å². The second-order valence-electron chi connectivity index (χ2n) is 3.46. The number of fused-ring (bicyclic) bond motifs is 1. The largest absolute Gasteiger partial charge is 0.463 e. The van der Waals surface area contributed by atoms with Crippen LogP contribution in [0.4, 0.5) is 0 Å². The lowest BCUT2D eigenvalue weighted by Crippen LogP contribution is -1.99. The lowest BCUT2D eigenvalue weighted by Gasteiger charge is -2.08. The third-order valence-electron chi connectivity index (χ3n) is 2.53. The van der Waals surface area contributed by atoms with Crippen LogP contribution in [0.3, 0.4) is 0 Å². The zero-order valence-electron chi connectivity index (χ0n) is 8.13. The van der Waals surface area contributed by atoms with Gasteiger partial charge in [0.25, 0.3) is 0 Å². The predicted octanol–water partition coefficient (Wildman–Crippen LogP) is 2.43. The number of rotatable bonds is 1. The smallest absolute Gasteiger partial charge is 0.192 e. The van der Waals surface area contributed by atoms with Crippen LogP contribution in [0.25, 0.3) is 5.88 Å². The van der Waals surface area contributed by atoms with Crippen molar-refractivity contribution in [1.29, 1.82) is 0 Å². The van der Waals surface area contributed by atoms with Crippen molar-refractivity contribution in [3.63, 3.8) is 0 Å². The molecule has 1 aromatic heterocycles. The Bertz CT molecular complexity index is 501. The molecule has 1 aliphatic rings. The highest BCUT2D eigenvalue weighted by Crippen LogP contribution is 2.34. The van der Waals surface area contributed by atoms with E-state index in [1.54, 1.807) is 6.20 Å². The number of hydrogen-bond donors (Lipinski definition) is 0. The van der Waals surface area contributed by atoms with Crippen LogP contribution in [-0.4, -0.2) is 9.55 Å². The van der Waals surface area contributed by atoms with Crippen LogP contribution < -0.4 is 0 Å². The molecule has 1 aromatic carbocycles. The van der Waals surface area contributed by atoms with Gasteiger partial charge in [0.05, 0.1) is 0 Å². The Balaban J connectivity index is 2.09. The minimum atomic E-state index is -0.117. The number of nitrogens with zero attached hydrogens (tertiary/aromatic N) is 2. The van der Waals surface area contributed by atoms with Gasteiger partial charge in [-0.25, -0.2) is 4.98 Å². The SMILES string of the molecule is C=C1OC(c2ccccc2)c2nccn21. The highest BCUT2D eigenvalue weighted by molar-refractivity contribution is 5.43. The summed E-state index contributed by atoms with van der Waals surface area (Å²) < 4.78 is 7.54. The Labute approximate surface area is 87.6 Å². The maximum absolute atomic E-state index is 5.66. The zero-order valence-corrected chi connectivity index (χ0v) is 8.13. The number of imidazole rings is 1. The van der Waals surface area contributed by atoms with Crippen molar-refractivity contribution < 1.29 is 4.74 Å². The Morgan fingerprint density at radius 1 is 1.27 bits per heavy atom. The molecule has 74 valence electrons. The van der Waals surface area contributed by atoms with Gasteiger partial charge in [-0.1, -0.05) is 30.3 Å². The van der Waals surface area contributed by atoms with Crippen LogP contribution >= 0.6 is 0 Å². The van der Waals surface area contributed by atoms with Gasteiger partial charge in [0, 0.05) is 18.0 Å². The molecule has 0 fully saturated rings. The molecule has 1 atom stereocenters. The van der Waals surface area contributed by atoms with Crippen molar-refractivity contribution in [2.24, 2.45) is 0 Å². The highest BCUT2D eigenvalue weighted by atomic mass is 16.5. The fourth-order valence-corrected chi connectivity index (χ4v) is 1.81. The number of ether oxygens (including phenoxy) is 1. The fraction of sp³-hybridized carbons (Fsp3) is 0.0833. The molecule has 3 rings (SSSR count). The molecule has 1 aliphatic heterocycles. The number of benzene rings is 1. The van der Waals surface area contributed by atoms with E-state index >= 15 is 0 Å². The van der Waals surface area contributed by atoms with Crippen molar-refractivity contribution in [2.75, 3.05) is 0 Å².